The van der Waals surface area contributed by atoms with Crippen LogP contribution >= 0.6 is 0 Å². The van der Waals surface area contributed by atoms with Crippen LogP contribution < -0.4 is 0 Å². The molecule has 0 saturated heterocycles. The van der Waals surface area contributed by atoms with Gasteiger partial charge in [0.1, 0.15) is 6.79 Å². The van der Waals surface area contributed by atoms with Gasteiger partial charge in [-0.15, -0.1) is 0 Å². The molecule has 14 heavy (non-hydrogen) atoms. The Morgan fingerprint density at radius 3 is 1.79 bits per heavy atom. The molecule has 1 fully saturated rings. The molecule has 2 N–H and O–H groups in total. The molecule has 0 heterocycles. The highest BCUT2D eigenvalue weighted by Gasteiger charge is 2.18. The maximum atomic E-state index is 7.12. The van der Waals surface area contributed by atoms with Crippen molar-refractivity contribution in [1.29, 1.82) is 0 Å². The van der Waals surface area contributed by atoms with Gasteiger partial charge in [0.05, 0.1) is 0 Å². The molecular weight excluding hydrogens is 176 g/mol. The standard InChI is InChI=1S/C9H18.C2H6.CH4O2/c1-3-9-7-5-4-6-8(9)2;1-2;2-1-3/h8-9H,3-7H2,1-2H3;1-2H3;2-3H,1H2. The molecule has 0 spiro atoms. The van der Waals surface area contributed by atoms with Gasteiger partial charge in [0.2, 0.25) is 0 Å². The number of aliphatic hydroxyl groups excluding tert-OH is 1. The van der Waals surface area contributed by atoms with Crippen LogP contribution in [0.25, 0.3) is 0 Å². The van der Waals surface area contributed by atoms with E-state index in [2.05, 4.69) is 13.8 Å². The van der Waals surface area contributed by atoms with Gasteiger partial charge in [-0.25, -0.2) is 0 Å². The van der Waals surface area contributed by atoms with Crippen molar-refractivity contribution in [2.75, 3.05) is 6.79 Å². The maximum absolute atomic E-state index is 7.12. The molecular formula is C12H28O2. The average molecular weight is 204 g/mol. The number of hydrogen-bond donors (Lipinski definition) is 2. The van der Waals surface area contributed by atoms with Crippen molar-refractivity contribution >= 4 is 0 Å². The van der Waals surface area contributed by atoms with Gasteiger partial charge in [-0.3, -0.25) is 0 Å². The summed E-state index contributed by atoms with van der Waals surface area (Å²) in [6.07, 6.45) is 7.36. The first-order chi connectivity index (χ1) is 6.76. The van der Waals surface area contributed by atoms with Gasteiger partial charge < -0.3 is 10.2 Å². The SMILES string of the molecule is CC.CCC1CCCCC1C.OCO. The molecule has 0 amide bonds. The van der Waals surface area contributed by atoms with Crippen molar-refractivity contribution in [3.63, 3.8) is 0 Å². The molecule has 2 heteroatoms. The summed E-state index contributed by atoms with van der Waals surface area (Å²) in [7, 11) is 0. The third-order valence-corrected chi connectivity index (χ3v) is 2.81. The second-order valence-electron chi connectivity index (χ2n) is 3.57. The summed E-state index contributed by atoms with van der Waals surface area (Å²) in [4.78, 5) is 0. The Morgan fingerprint density at radius 2 is 1.50 bits per heavy atom. The third-order valence-electron chi connectivity index (χ3n) is 2.81. The molecule has 0 aromatic rings. The molecule has 2 atom stereocenters. The highest BCUT2D eigenvalue weighted by molar-refractivity contribution is 4.70. The minimum absolute atomic E-state index is 0.750. The fourth-order valence-corrected chi connectivity index (χ4v) is 2.00. The Kier molecular flexibility index (Phi) is 15.1. The van der Waals surface area contributed by atoms with Crippen LogP contribution in [0.5, 0.6) is 0 Å². The summed E-state index contributed by atoms with van der Waals surface area (Å²) in [5, 5.41) is 14.2. The molecule has 2 unspecified atom stereocenters. The zero-order valence-corrected chi connectivity index (χ0v) is 10.3. The van der Waals surface area contributed by atoms with Gasteiger partial charge in [-0.2, -0.15) is 0 Å². The first-order valence-corrected chi connectivity index (χ1v) is 5.97. The molecule has 1 saturated carbocycles. The average Bonchev–Trinajstić information content (AvgIpc) is 2.23. The van der Waals surface area contributed by atoms with E-state index in [9.17, 15) is 0 Å². The van der Waals surface area contributed by atoms with Crippen LogP contribution in [-0.2, 0) is 0 Å². The second kappa shape index (κ2) is 12.9. The Morgan fingerprint density at radius 1 is 1.07 bits per heavy atom. The normalized spacial score (nSPS) is 25.3. The number of aliphatic hydroxyl groups is 2. The fraction of sp³-hybridized carbons (Fsp3) is 1.00. The Labute approximate surface area is 89.3 Å². The van der Waals surface area contributed by atoms with Crippen LogP contribution in [0, 0.1) is 11.8 Å². The van der Waals surface area contributed by atoms with Gasteiger partial charge in [0.15, 0.2) is 0 Å². The molecule has 0 aromatic carbocycles. The highest BCUT2D eigenvalue weighted by atomic mass is 16.5. The number of rotatable bonds is 1. The van der Waals surface area contributed by atoms with E-state index in [1.165, 1.54) is 32.1 Å². The van der Waals surface area contributed by atoms with Crippen molar-refractivity contribution in [1.82, 2.24) is 0 Å². The molecule has 0 radical (unpaired) electrons. The second-order valence-corrected chi connectivity index (χ2v) is 3.57. The van der Waals surface area contributed by atoms with Crippen LogP contribution in [0.2, 0.25) is 0 Å². The summed E-state index contributed by atoms with van der Waals surface area (Å²) < 4.78 is 0. The van der Waals surface area contributed by atoms with Crippen LogP contribution in [0.1, 0.15) is 59.8 Å². The predicted molar refractivity (Wildman–Crippen MR) is 62.1 cm³/mol. The molecule has 2 nitrogen and oxygen atoms in total. The first kappa shape index (κ1) is 16.4. The van der Waals surface area contributed by atoms with Gasteiger partial charge in [0, 0.05) is 0 Å². The summed E-state index contributed by atoms with van der Waals surface area (Å²) in [5.41, 5.74) is 0. The summed E-state index contributed by atoms with van der Waals surface area (Å²) in [6, 6.07) is 0. The Bertz CT molecular complexity index is 94.3. The van der Waals surface area contributed by atoms with E-state index in [0.717, 1.165) is 11.8 Å². The van der Waals surface area contributed by atoms with Crippen molar-refractivity contribution in [2.45, 2.75) is 59.8 Å². The Hall–Kier alpha value is -0.0800. The molecule has 1 rings (SSSR count). The van der Waals surface area contributed by atoms with E-state index in [1.807, 2.05) is 13.8 Å². The van der Waals surface area contributed by atoms with E-state index in [0.29, 0.717) is 0 Å². The summed E-state index contributed by atoms with van der Waals surface area (Å²) in [6.45, 7) is 7.99. The lowest BCUT2D eigenvalue weighted by atomic mass is 9.79. The predicted octanol–water partition coefficient (Wildman–Crippen LogP) is 3.18. The third kappa shape index (κ3) is 8.52. The maximum Gasteiger partial charge on any atom is 0.140 e. The van der Waals surface area contributed by atoms with Gasteiger partial charge in [-0.05, 0) is 11.8 Å². The topological polar surface area (TPSA) is 40.5 Å². The minimum Gasteiger partial charge on any atom is -0.371 e. The van der Waals surface area contributed by atoms with Gasteiger partial charge in [0.25, 0.3) is 0 Å². The fourth-order valence-electron chi connectivity index (χ4n) is 2.00. The molecule has 1 aliphatic rings. The molecule has 0 bridgehead atoms. The van der Waals surface area contributed by atoms with Crippen LogP contribution in [0.4, 0.5) is 0 Å². The lowest BCUT2D eigenvalue weighted by Crippen LogP contribution is -2.15. The van der Waals surface area contributed by atoms with Crippen LogP contribution in [-0.4, -0.2) is 17.0 Å². The molecule has 0 aromatic heterocycles. The van der Waals surface area contributed by atoms with Crippen molar-refractivity contribution in [2.24, 2.45) is 11.8 Å². The highest BCUT2D eigenvalue weighted by Crippen LogP contribution is 2.31. The molecule has 0 aliphatic heterocycles. The minimum atomic E-state index is -0.750. The Balaban J connectivity index is 0. The van der Waals surface area contributed by atoms with E-state index in [-0.39, 0.29) is 0 Å². The van der Waals surface area contributed by atoms with E-state index < -0.39 is 6.79 Å². The molecule has 88 valence electrons. The van der Waals surface area contributed by atoms with E-state index >= 15 is 0 Å². The van der Waals surface area contributed by atoms with Crippen molar-refractivity contribution in [3.05, 3.63) is 0 Å². The largest absolute Gasteiger partial charge is 0.371 e. The molecule has 1 aliphatic carbocycles. The zero-order valence-electron chi connectivity index (χ0n) is 10.3. The number of hydrogen-bond acceptors (Lipinski definition) is 2. The van der Waals surface area contributed by atoms with Crippen molar-refractivity contribution < 1.29 is 10.2 Å². The quantitative estimate of drug-likeness (QED) is 0.644. The lowest BCUT2D eigenvalue weighted by molar-refractivity contribution is 0.0773. The van der Waals surface area contributed by atoms with Gasteiger partial charge >= 0.3 is 0 Å². The van der Waals surface area contributed by atoms with E-state index in [1.54, 1.807) is 0 Å². The van der Waals surface area contributed by atoms with Crippen LogP contribution in [0.15, 0.2) is 0 Å². The van der Waals surface area contributed by atoms with E-state index in [4.69, 9.17) is 10.2 Å². The summed E-state index contributed by atoms with van der Waals surface area (Å²) in [5.74, 6) is 2.07. The van der Waals surface area contributed by atoms with Crippen molar-refractivity contribution in [3.8, 4) is 0 Å². The van der Waals surface area contributed by atoms with Crippen LogP contribution in [0.3, 0.4) is 0 Å². The monoisotopic (exact) mass is 204 g/mol. The first-order valence-electron chi connectivity index (χ1n) is 5.97. The summed E-state index contributed by atoms with van der Waals surface area (Å²) >= 11 is 0. The van der Waals surface area contributed by atoms with Gasteiger partial charge in [-0.1, -0.05) is 59.8 Å². The zero-order chi connectivity index (χ0) is 11.4. The lowest BCUT2D eigenvalue weighted by Gasteiger charge is -2.27. The smallest absolute Gasteiger partial charge is 0.140 e.